The summed E-state index contributed by atoms with van der Waals surface area (Å²) in [6.07, 6.45) is 0.363. The van der Waals surface area contributed by atoms with Crippen LogP contribution in [0.2, 0.25) is 0 Å². The highest BCUT2D eigenvalue weighted by Gasteiger charge is 2.30. The van der Waals surface area contributed by atoms with Crippen LogP contribution in [0, 0.1) is 16.0 Å². The lowest BCUT2D eigenvalue weighted by molar-refractivity contribution is -0.537. The number of rotatable bonds is 5. The Balaban J connectivity index is 4.18. The monoisotopic (exact) mass is 175 g/mol. The first-order valence-electron chi connectivity index (χ1n) is 4.32. The van der Waals surface area contributed by atoms with Gasteiger partial charge in [0.05, 0.1) is 0 Å². The molecule has 0 aromatic carbocycles. The minimum Gasteiger partial charge on any atom is -0.386 e. The van der Waals surface area contributed by atoms with Gasteiger partial charge in [-0.05, 0) is 12.3 Å². The van der Waals surface area contributed by atoms with E-state index in [4.69, 9.17) is 0 Å². The summed E-state index contributed by atoms with van der Waals surface area (Å²) in [6.45, 7) is 5.46. The van der Waals surface area contributed by atoms with E-state index in [2.05, 4.69) is 0 Å². The van der Waals surface area contributed by atoms with Crippen LogP contribution in [0.25, 0.3) is 0 Å². The zero-order valence-electron chi connectivity index (χ0n) is 7.86. The van der Waals surface area contributed by atoms with Gasteiger partial charge in [0.1, 0.15) is 6.10 Å². The molecule has 1 N–H and O–H groups in total. The van der Waals surface area contributed by atoms with Crippen molar-refractivity contribution in [3.8, 4) is 0 Å². The van der Waals surface area contributed by atoms with E-state index in [0.717, 1.165) is 6.42 Å². The molecule has 0 spiro atoms. The van der Waals surface area contributed by atoms with Gasteiger partial charge in [-0.1, -0.05) is 20.8 Å². The Morgan fingerprint density at radius 2 is 2.00 bits per heavy atom. The third-order valence-corrected chi connectivity index (χ3v) is 1.93. The van der Waals surface area contributed by atoms with Gasteiger partial charge < -0.3 is 5.11 Å². The summed E-state index contributed by atoms with van der Waals surface area (Å²) < 4.78 is 0. The van der Waals surface area contributed by atoms with E-state index in [0.29, 0.717) is 6.42 Å². The molecule has 0 radical (unpaired) electrons. The predicted octanol–water partition coefficient (Wildman–Crippen LogP) is 1.45. The van der Waals surface area contributed by atoms with Crippen molar-refractivity contribution in [3.05, 3.63) is 10.1 Å². The second kappa shape index (κ2) is 5.09. The Hall–Kier alpha value is -0.640. The quantitative estimate of drug-likeness (QED) is 0.508. The molecule has 12 heavy (non-hydrogen) atoms. The van der Waals surface area contributed by atoms with Gasteiger partial charge in [0.2, 0.25) is 6.04 Å². The third kappa shape index (κ3) is 3.17. The van der Waals surface area contributed by atoms with E-state index in [1.54, 1.807) is 13.8 Å². The molecule has 2 atom stereocenters. The number of hydrogen-bond donors (Lipinski definition) is 1. The highest BCUT2D eigenvalue weighted by molar-refractivity contribution is 4.70. The van der Waals surface area contributed by atoms with Gasteiger partial charge in [-0.15, -0.1) is 0 Å². The van der Waals surface area contributed by atoms with Crippen molar-refractivity contribution < 1.29 is 10.0 Å². The number of nitrogens with zero attached hydrogens (tertiary/aromatic N) is 1. The summed E-state index contributed by atoms with van der Waals surface area (Å²) in [5.41, 5.74) is 0. The standard InChI is InChI=1S/C8H17NO3/c1-4-5-7(9(11)12)8(10)6(2)3/h6-8,10H,4-5H2,1-3H3. The molecule has 0 aromatic rings. The highest BCUT2D eigenvalue weighted by atomic mass is 16.6. The molecule has 2 unspecified atom stereocenters. The second-order valence-corrected chi connectivity index (χ2v) is 3.38. The molecule has 0 bridgehead atoms. The van der Waals surface area contributed by atoms with E-state index in [1.165, 1.54) is 0 Å². The van der Waals surface area contributed by atoms with Crippen LogP contribution in [0.15, 0.2) is 0 Å². The third-order valence-electron chi connectivity index (χ3n) is 1.93. The topological polar surface area (TPSA) is 63.4 Å². The summed E-state index contributed by atoms with van der Waals surface area (Å²) in [6, 6.07) is -0.796. The van der Waals surface area contributed by atoms with Crippen LogP contribution in [-0.2, 0) is 0 Å². The van der Waals surface area contributed by atoms with E-state index < -0.39 is 12.1 Å². The van der Waals surface area contributed by atoms with E-state index >= 15 is 0 Å². The predicted molar refractivity (Wildman–Crippen MR) is 46.5 cm³/mol. The van der Waals surface area contributed by atoms with Gasteiger partial charge in [0, 0.05) is 11.3 Å². The minimum absolute atomic E-state index is 0.0491. The molecule has 0 aliphatic rings. The van der Waals surface area contributed by atoms with Crippen LogP contribution in [-0.4, -0.2) is 22.2 Å². The first kappa shape index (κ1) is 11.4. The minimum atomic E-state index is -0.819. The summed E-state index contributed by atoms with van der Waals surface area (Å²) in [7, 11) is 0. The van der Waals surface area contributed by atoms with Crippen molar-refractivity contribution in [2.45, 2.75) is 45.8 Å². The van der Waals surface area contributed by atoms with Crippen LogP contribution in [0.5, 0.6) is 0 Å². The van der Waals surface area contributed by atoms with Crippen molar-refractivity contribution in [2.24, 2.45) is 5.92 Å². The van der Waals surface area contributed by atoms with Gasteiger partial charge in [-0.3, -0.25) is 10.1 Å². The Morgan fingerprint density at radius 1 is 1.50 bits per heavy atom. The second-order valence-electron chi connectivity index (χ2n) is 3.38. The summed E-state index contributed by atoms with van der Waals surface area (Å²) in [5.74, 6) is -0.0491. The fourth-order valence-corrected chi connectivity index (χ4v) is 1.14. The molecule has 0 fully saturated rings. The van der Waals surface area contributed by atoms with Crippen LogP contribution in [0.4, 0.5) is 0 Å². The smallest absolute Gasteiger partial charge is 0.238 e. The molecule has 4 nitrogen and oxygen atoms in total. The molecule has 0 amide bonds. The molecule has 0 saturated carbocycles. The fourth-order valence-electron chi connectivity index (χ4n) is 1.14. The van der Waals surface area contributed by atoms with Crippen molar-refractivity contribution >= 4 is 0 Å². The molecule has 0 rings (SSSR count). The number of aliphatic hydroxyl groups excluding tert-OH is 1. The maximum atomic E-state index is 10.5. The molecular weight excluding hydrogens is 158 g/mol. The Morgan fingerprint density at radius 3 is 2.25 bits per heavy atom. The SMILES string of the molecule is CCCC(C(O)C(C)C)[N+](=O)[O-]. The number of nitro groups is 1. The maximum absolute atomic E-state index is 10.5. The van der Waals surface area contributed by atoms with Gasteiger partial charge in [-0.2, -0.15) is 0 Å². The maximum Gasteiger partial charge on any atom is 0.238 e. The lowest BCUT2D eigenvalue weighted by Gasteiger charge is -2.18. The number of aliphatic hydroxyl groups is 1. The zero-order chi connectivity index (χ0) is 9.72. The highest BCUT2D eigenvalue weighted by Crippen LogP contribution is 2.13. The molecule has 0 saturated heterocycles. The molecule has 0 aliphatic heterocycles. The van der Waals surface area contributed by atoms with Crippen LogP contribution in [0.3, 0.4) is 0 Å². The van der Waals surface area contributed by atoms with Crippen LogP contribution >= 0.6 is 0 Å². The Kier molecular flexibility index (Phi) is 4.81. The van der Waals surface area contributed by atoms with Crippen molar-refractivity contribution in [2.75, 3.05) is 0 Å². The van der Waals surface area contributed by atoms with Gasteiger partial charge in [0.25, 0.3) is 0 Å². The lowest BCUT2D eigenvalue weighted by Crippen LogP contribution is -2.37. The molecule has 0 heterocycles. The summed E-state index contributed by atoms with van der Waals surface area (Å²) in [5, 5.41) is 19.9. The fraction of sp³-hybridized carbons (Fsp3) is 1.00. The van der Waals surface area contributed by atoms with Gasteiger partial charge in [0.15, 0.2) is 0 Å². The first-order valence-corrected chi connectivity index (χ1v) is 4.32. The zero-order valence-corrected chi connectivity index (χ0v) is 7.86. The molecule has 72 valence electrons. The Bertz CT molecular complexity index is 147. The molecule has 4 heteroatoms. The van der Waals surface area contributed by atoms with Crippen LogP contribution in [0.1, 0.15) is 33.6 Å². The van der Waals surface area contributed by atoms with E-state index in [9.17, 15) is 15.2 Å². The molecule has 0 aliphatic carbocycles. The van der Waals surface area contributed by atoms with Crippen molar-refractivity contribution in [1.29, 1.82) is 0 Å². The van der Waals surface area contributed by atoms with Crippen molar-refractivity contribution in [1.82, 2.24) is 0 Å². The van der Waals surface area contributed by atoms with E-state index in [-0.39, 0.29) is 10.8 Å². The molecule has 0 aromatic heterocycles. The molecular formula is C8H17NO3. The summed E-state index contributed by atoms with van der Waals surface area (Å²) >= 11 is 0. The largest absolute Gasteiger partial charge is 0.386 e. The van der Waals surface area contributed by atoms with E-state index in [1.807, 2.05) is 6.92 Å². The average Bonchev–Trinajstić information content (AvgIpc) is 1.98. The van der Waals surface area contributed by atoms with Gasteiger partial charge in [-0.25, -0.2) is 0 Å². The lowest BCUT2D eigenvalue weighted by atomic mass is 9.97. The van der Waals surface area contributed by atoms with Gasteiger partial charge >= 0.3 is 0 Å². The Labute approximate surface area is 72.7 Å². The number of hydrogen-bond acceptors (Lipinski definition) is 3. The first-order chi connectivity index (χ1) is 5.50. The van der Waals surface area contributed by atoms with Crippen molar-refractivity contribution in [3.63, 3.8) is 0 Å². The average molecular weight is 175 g/mol. The normalized spacial score (nSPS) is 16.1. The summed E-state index contributed by atoms with van der Waals surface area (Å²) in [4.78, 5) is 10.1. The van der Waals surface area contributed by atoms with Crippen LogP contribution < -0.4 is 0 Å².